The molecule has 2 heterocycles. The summed E-state index contributed by atoms with van der Waals surface area (Å²) in [5.74, 6) is 0. The first-order valence-corrected chi connectivity index (χ1v) is 4.14. The second-order valence-corrected chi connectivity index (χ2v) is 3.57. The topological polar surface area (TPSA) is 20.3 Å². The Kier molecular flexibility index (Phi) is 1.39. The molecule has 0 aromatic heterocycles. The summed E-state index contributed by atoms with van der Waals surface area (Å²) >= 11 is 0. The third kappa shape index (κ3) is 0.791. The highest BCUT2D eigenvalue weighted by Gasteiger charge is 2.44. The fourth-order valence-corrected chi connectivity index (χ4v) is 2.19. The number of hydrogen-bond donors (Lipinski definition) is 0. The molecule has 1 fully saturated rings. The van der Waals surface area contributed by atoms with Gasteiger partial charge in [-0.15, -0.1) is 0 Å². The second kappa shape index (κ2) is 2.18. The zero-order valence-electron chi connectivity index (χ0n) is 6.79. The monoisotopic (exact) mass is 151 g/mol. The van der Waals surface area contributed by atoms with Crippen LogP contribution in [0.3, 0.4) is 0 Å². The van der Waals surface area contributed by atoms with E-state index in [1.807, 2.05) is 0 Å². The Balaban J connectivity index is 2.35. The minimum Gasteiger partial charge on any atom is -0.301 e. The van der Waals surface area contributed by atoms with Crippen LogP contribution in [0, 0.1) is 0 Å². The molecule has 2 heteroatoms. The Morgan fingerprint density at radius 1 is 1.73 bits per heavy atom. The number of carbonyl (C=O) groups is 1. The normalized spacial score (nSPS) is 42.8. The van der Waals surface area contributed by atoms with E-state index < -0.39 is 0 Å². The molecule has 2 aliphatic rings. The van der Waals surface area contributed by atoms with Gasteiger partial charge in [-0.3, -0.25) is 4.90 Å². The summed E-state index contributed by atoms with van der Waals surface area (Å²) in [7, 11) is 2.05. The Bertz CT molecular complexity index is 212. The number of nitrogens with zero attached hydrogens (tertiary/aromatic N) is 1. The van der Waals surface area contributed by atoms with Gasteiger partial charge in [-0.25, -0.2) is 0 Å². The molecule has 0 spiro atoms. The first-order chi connectivity index (χ1) is 5.28. The maximum absolute atomic E-state index is 10.9. The van der Waals surface area contributed by atoms with Gasteiger partial charge in [0, 0.05) is 6.04 Å². The maximum Gasteiger partial charge on any atom is 0.140 e. The van der Waals surface area contributed by atoms with Crippen molar-refractivity contribution in [2.24, 2.45) is 0 Å². The molecule has 0 saturated carbocycles. The van der Waals surface area contributed by atoms with Crippen molar-refractivity contribution in [1.82, 2.24) is 4.90 Å². The van der Waals surface area contributed by atoms with E-state index in [-0.39, 0.29) is 5.54 Å². The lowest BCUT2D eigenvalue weighted by atomic mass is 9.94. The first kappa shape index (κ1) is 7.04. The van der Waals surface area contributed by atoms with E-state index in [1.54, 1.807) is 0 Å². The summed E-state index contributed by atoms with van der Waals surface area (Å²) in [4.78, 5) is 13.1. The smallest absolute Gasteiger partial charge is 0.140 e. The van der Waals surface area contributed by atoms with Gasteiger partial charge in [0.05, 0.1) is 5.54 Å². The number of likely N-dealkylation sites (N-methyl/N-ethyl adjacent to an activating group) is 1. The molecule has 0 amide bonds. The van der Waals surface area contributed by atoms with Gasteiger partial charge in [0.25, 0.3) is 0 Å². The van der Waals surface area contributed by atoms with E-state index >= 15 is 0 Å². The Labute approximate surface area is 66.9 Å². The predicted molar refractivity (Wildman–Crippen MR) is 43.3 cm³/mol. The average molecular weight is 151 g/mol. The lowest BCUT2D eigenvalue weighted by Gasteiger charge is -2.35. The standard InChI is InChI=1S/C9H13NO/c1-10-8-3-2-5-9(10,7-11)6-4-8/h2-3,7-8H,4-6H2,1H3/t8-,9+/m1/s1. The van der Waals surface area contributed by atoms with Gasteiger partial charge >= 0.3 is 0 Å². The minimum atomic E-state index is -0.139. The van der Waals surface area contributed by atoms with Crippen molar-refractivity contribution >= 4 is 6.29 Å². The summed E-state index contributed by atoms with van der Waals surface area (Å²) in [6.45, 7) is 0. The molecule has 0 aromatic carbocycles. The quantitative estimate of drug-likeness (QED) is 0.411. The van der Waals surface area contributed by atoms with Gasteiger partial charge in [-0.1, -0.05) is 12.2 Å². The number of rotatable bonds is 1. The van der Waals surface area contributed by atoms with Gasteiger partial charge in [0.15, 0.2) is 0 Å². The Morgan fingerprint density at radius 2 is 2.55 bits per heavy atom. The summed E-state index contributed by atoms with van der Waals surface area (Å²) in [5, 5.41) is 0. The van der Waals surface area contributed by atoms with Crippen molar-refractivity contribution in [2.75, 3.05) is 7.05 Å². The van der Waals surface area contributed by atoms with Crippen molar-refractivity contribution < 1.29 is 4.79 Å². The third-order valence-corrected chi connectivity index (χ3v) is 3.12. The molecule has 2 rings (SSSR count). The van der Waals surface area contributed by atoms with Crippen LogP contribution in [0.4, 0.5) is 0 Å². The van der Waals surface area contributed by atoms with Gasteiger partial charge in [-0.05, 0) is 26.3 Å². The van der Waals surface area contributed by atoms with Crippen molar-refractivity contribution in [3.8, 4) is 0 Å². The molecule has 2 atom stereocenters. The molecule has 0 aliphatic carbocycles. The van der Waals surface area contributed by atoms with E-state index in [4.69, 9.17) is 0 Å². The zero-order valence-corrected chi connectivity index (χ0v) is 6.79. The highest BCUT2D eigenvalue weighted by atomic mass is 16.1. The number of fused-ring (bicyclic) bond motifs is 2. The summed E-state index contributed by atoms with van der Waals surface area (Å²) in [6.07, 6.45) is 8.57. The molecule has 0 radical (unpaired) electrons. The van der Waals surface area contributed by atoms with Gasteiger partial charge in [0.2, 0.25) is 0 Å². The van der Waals surface area contributed by atoms with Crippen LogP contribution in [0.25, 0.3) is 0 Å². The largest absolute Gasteiger partial charge is 0.301 e. The second-order valence-electron chi connectivity index (χ2n) is 3.57. The summed E-state index contributed by atoms with van der Waals surface area (Å²) in [5.41, 5.74) is -0.139. The maximum atomic E-state index is 10.9. The number of carbonyl (C=O) groups excluding carboxylic acids is 1. The van der Waals surface area contributed by atoms with E-state index in [1.165, 1.54) is 0 Å². The molecule has 1 saturated heterocycles. The van der Waals surface area contributed by atoms with E-state index in [0.717, 1.165) is 25.5 Å². The molecule has 0 aromatic rings. The minimum absolute atomic E-state index is 0.139. The molecule has 2 nitrogen and oxygen atoms in total. The average Bonchev–Trinajstić information content (AvgIpc) is 2.25. The van der Waals surface area contributed by atoms with Crippen molar-refractivity contribution in [3.63, 3.8) is 0 Å². The predicted octanol–water partition coefficient (Wildman–Crippen LogP) is 0.978. The van der Waals surface area contributed by atoms with Gasteiger partial charge in [0.1, 0.15) is 6.29 Å². The van der Waals surface area contributed by atoms with Crippen LogP contribution in [0.1, 0.15) is 19.3 Å². The van der Waals surface area contributed by atoms with Crippen molar-refractivity contribution in [1.29, 1.82) is 0 Å². The van der Waals surface area contributed by atoms with Crippen LogP contribution in [-0.4, -0.2) is 29.8 Å². The van der Waals surface area contributed by atoms with Crippen LogP contribution >= 0.6 is 0 Å². The van der Waals surface area contributed by atoms with Crippen LogP contribution in [0.15, 0.2) is 12.2 Å². The van der Waals surface area contributed by atoms with Crippen LogP contribution in [0.5, 0.6) is 0 Å². The molecular formula is C9H13NO. The van der Waals surface area contributed by atoms with E-state index in [9.17, 15) is 4.79 Å². The summed E-state index contributed by atoms with van der Waals surface area (Å²) < 4.78 is 0. The highest BCUT2D eigenvalue weighted by molar-refractivity contribution is 5.66. The summed E-state index contributed by atoms with van der Waals surface area (Å²) in [6, 6.07) is 0.522. The van der Waals surface area contributed by atoms with Crippen LogP contribution < -0.4 is 0 Å². The van der Waals surface area contributed by atoms with Crippen LogP contribution in [0.2, 0.25) is 0 Å². The van der Waals surface area contributed by atoms with Crippen molar-refractivity contribution in [3.05, 3.63) is 12.2 Å². The molecular weight excluding hydrogens is 138 g/mol. The van der Waals surface area contributed by atoms with E-state index in [0.29, 0.717) is 6.04 Å². The Hall–Kier alpha value is -0.630. The Morgan fingerprint density at radius 3 is 3.18 bits per heavy atom. The van der Waals surface area contributed by atoms with Crippen LogP contribution in [-0.2, 0) is 4.79 Å². The lowest BCUT2D eigenvalue weighted by Crippen LogP contribution is -2.47. The first-order valence-electron chi connectivity index (χ1n) is 4.14. The molecule has 0 N–H and O–H groups in total. The van der Waals surface area contributed by atoms with E-state index in [2.05, 4.69) is 24.1 Å². The fourth-order valence-electron chi connectivity index (χ4n) is 2.19. The SMILES string of the molecule is CN1[C@@H]2C=CC[C@@]1(C=O)CC2. The highest BCUT2D eigenvalue weighted by Crippen LogP contribution is 2.37. The number of aldehydes is 1. The molecule has 11 heavy (non-hydrogen) atoms. The molecule has 0 unspecified atom stereocenters. The van der Waals surface area contributed by atoms with Gasteiger partial charge < -0.3 is 4.79 Å². The fraction of sp³-hybridized carbons (Fsp3) is 0.667. The third-order valence-electron chi connectivity index (χ3n) is 3.12. The number of hydrogen-bond acceptors (Lipinski definition) is 2. The molecule has 60 valence electrons. The molecule has 2 bridgehead atoms. The van der Waals surface area contributed by atoms with Crippen molar-refractivity contribution in [2.45, 2.75) is 30.8 Å². The lowest BCUT2D eigenvalue weighted by molar-refractivity contribution is -0.116. The zero-order chi connectivity index (χ0) is 7.90. The molecule has 2 aliphatic heterocycles. The van der Waals surface area contributed by atoms with Gasteiger partial charge in [-0.2, -0.15) is 0 Å².